The Morgan fingerprint density at radius 1 is 1.00 bits per heavy atom. The summed E-state index contributed by atoms with van der Waals surface area (Å²) in [7, 11) is 1.56. The molecule has 0 radical (unpaired) electrons. The lowest BCUT2D eigenvalue weighted by atomic mass is 9.99. The van der Waals surface area contributed by atoms with Crippen molar-refractivity contribution >= 4 is 16.9 Å². The molecule has 4 aromatic rings. The first-order chi connectivity index (χ1) is 17.0. The number of methoxy groups -OCH3 is 1. The number of para-hydroxylation sites is 3. The maximum atomic E-state index is 13.0. The van der Waals surface area contributed by atoms with Gasteiger partial charge in [-0.2, -0.15) is 0 Å². The number of hydrogen-bond acceptors (Lipinski definition) is 4. The summed E-state index contributed by atoms with van der Waals surface area (Å²) < 4.78 is 13.5. The molecule has 1 N–H and O–H groups in total. The molecule has 0 saturated carbocycles. The van der Waals surface area contributed by atoms with E-state index in [1.165, 1.54) is 5.56 Å². The number of aromatic nitrogens is 2. The molecule has 0 spiro atoms. The van der Waals surface area contributed by atoms with E-state index < -0.39 is 0 Å². The molecule has 0 fully saturated rings. The van der Waals surface area contributed by atoms with Crippen molar-refractivity contribution in [2.75, 3.05) is 13.7 Å². The van der Waals surface area contributed by atoms with Crippen molar-refractivity contribution in [3.05, 3.63) is 89.7 Å². The summed E-state index contributed by atoms with van der Waals surface area (Å²) in [6.07, 6.45) is 1.11. The summed E-state index contributed by atoms with van der Waals surface area (Å²) in [6, 6.07) is 23.2. The van der Waals surface area contributed by atoms with Gasteiger partial charge < -0.3 is 19.4 Å². The summed E-state index contributed by atoms with van der Waals surface area (Å²) in [6.45, 7) is 7.47. The van der Waals surface area contributed by atoms with Crippen LogP contribution in [0.25, 0.3) is 11.0 Å². The van der Waals surface area contributed by atoms with Crippen molar-refractivity contribution in [1.82, 2.24) is 14.9 Å². The molecule has 35 heavy (non-hydrogen) atoms. The Morgan fingerprint density at radius 2 is 1.71 bits per heavy atom. The number of imidazole rings is 1. The third kappa shape index (κ3) is 5.48. The van der Waals surface area contributed by atoms with Crippen LogP contribution >= 0.6 is 0 Å². The predicted octanol–water partition coefficient (Wildman–Crippen LogP) is 6.13. The lowest BCUT2D eigenvalue weighted by Crippen LogP contribution is -2.29. The highest BCUT2D eigenvalue weighted by Crippen LogP contribution is 2.24. The minimum Gasteiger partial charge on any atom is -0.496 e. The molecule has 0 aliphatic heterocycles. The molecule has 4 rings (SSSR count). The minimum absolute atomic E-state index is 0.203. The van der Waals surface area contributed by atoms with Crippen LogP contribution in [0.5, 0.6) is 11.5 Å². The Bertz CT molecular complexity index is 1280. The normalized spacial score (nSPS) is 12.8. The average Bonchev–Trinajstić information content (AvgIpc) is 3.27. The molecule has 182 valence electrons. The van der Waals surface area contributed by atoms with Crippen molar-refractivity contribution in [2.24, 2.45) is 0 Å². The zero-order valence-corrected chi connectivity index (χ0v) is 20.8. The lowest BCUT2D eigenvalue weighted by Gasteiger charge is -2.17. The number of hydrogen-bond donors (Lipinski definition) is 1. The molecule has 1 amide bonds. The third-order valence-electron chi connectivity index (χ3n) is 6.42. The second-order valence-corrected chi connectivity index (χ2v) is 8.73. The van der Waals surface area contributed by atoms with E-state index in [1.54, 1.807) is 19.2 Å². The number of amides is 1. The average molecular weight is 472 g/mol. The monoisotopic (exact) mass is 471 g/mol. The highest BCUT2D eigenvalue weighted by molar-refractivity contribution is 5.97. The molecule has 2 atom stereocenters. The van der Waals surface area contributed by atoms with Crippen LogP contribution in [0.15, 0.2) is 72.8 Å². The molecule has 1 heterocycles. The number of nitrogens with zero attached hydrogens (tertiary/aromatic N) is 2. The molecule has 0 saturated heterocycles. The minimum atomic E-state index is -0.311. The summed E-state index contributed by atoms with van der Waals surface area (Å²) in [5, 5.41) is 3.08. The van der Waals surface area contributed by atoms with E-state index in [-0.39, 0.29) is 11.9 Å². The SMILES string of the molecule is CCC(C)c1ccc(OCCn2c(C(C)NC(=O)c3ccccc3OC)nc3ccccc32)cc1. The van der Waals surface area contributed by atoms with Gasteiger partial charge in [0.05, 0.1) is 36.3 Å². The number of ether oxygens (including phenoxy) is 2. The van der Waals surface area contributed by atoms with Crippen LogP contribution in [0.3, 0.4) is 0 Å². The summed E-state index contributed by atoms with van der Waals surface area (Å²) in [4.78, 5) is 17.8. The Morgan fingerprint density at radius 3 is 2.46 bits per heavy atom. The number of carbonyl (C=O) groups is 1. The van der Waals surface area contributed by atoms with E-state index in [1.807, 2.05) is 55.5 Å². The van der Waals surface area contributed by atoms with E-state index in [0.717, 1.165) is 29.0 Å². The van der Waals surface area contributed by atoms with Crippen LogP contribution in [0.2, 0.25) is 0 Å². The van der Waals surface area contributed by atoms with Crippen molar-refractivity contribution < 1.29 is 14.3 Å². The highest BCUT2D eigenvalue weighted by Gasteiger charge is 2.20. The molecule has 3 aromatic carbocycles. The van der Waals surface area contributed by atoms with Gasteiger partial charge in [-0.05, 0) is 61.2 Å². The Kier molecular flexibility index (Phi) is 7.70. The number of carbonyl (C=O) groups excluding carboxylic acids is 1. The van der Waals surface area contributed by atoms with Crippen molar-refractivity contribution in [1.29, 1.82) is 0 Å². The maximum absolute atomic E-state index is 13.0. The zero-order valence-electron chi connectivity index (χ0n) is 20.8. The van der Waals surface area contributed by atoms with Gasteiger partial charge in [0.15, 0.2) is 0 Å². The molecule has 6 heteroatoms. The fourth-order valence-corrected chi connectivity index (χ4v) is 4.21. The lowest BCUT2D eigenvalue weighted by molar-refractivity contribution is 0.0934. The van der Waals surface area contributed by atoms with Crippen LogP contribution in [0.4, 0.5) is 0 Å². The van der Waals surface area contributed by atoms with Gasteiger partial charge in [-0.3, -0.25) is 4.79 Å². The summed E-state index contributed by atoms with van der Waals surface area (Å²) in [5.74, 6) is 2.51. The first kappa shape index (κ1) is 24.3. The van der Waals surface area contributed by atoms with Gasteiger partial charge >= 0.3 is 0 Å². The van der Waals surface area contributed by atoms with Crippen molar-refractivity contribution in [3.63, 3.8) is 0 Å². The largest absolute Gasteiger partial charge is 0.496 e. The zero-order chi connectivity index (χ0) is 24.8. The van der Waals surface area contributed by atoms with Crippen molar-refractivity contribution in [2.45, 2.75) is 45.7 Å². The van der Waals surface area contributed by atoms with E-state index in [2.05, 4.69) is 35.9 Å². The quantitative estimate of drug-likeness (QED) is 0.302. The van der Waals surface area contributed by atoms with E-state index in [4.69, 9.17) is 14.5 Å². The van der Waals surface area contributed by atoms with E-state index >= 15 is 0 Å². The van der Waals surface area contributed by atoms with Crippen LogP contribution in [0.1, 0.15) is 60.9 Å². The summed E-state index contributed by atoms with van der Waals surface area (Å²) >= 11 is 0. The number of benzene rings is 3. The molecular formula is C29H33N3O3. The topological polar surface area (TPSA) is 65.4 Å². The van der Waals surface area contributed by atoms with Gasteiger partial charge in [0.25, 0.3) is 5.91 Å². The maximum Gasteiger partial charge on any atom is 0.255 e. The van der Waals surface area contributed by atoms with Crippen molar-refractivity contribution in [3.8, 4) is 11.5 Å². The Hall–Kier alpha value is -3.80. The molecule has 2 unspecified atom stereocenters. The van der Waals surface area contributed by atoms with Gasteiger partial charge in [-0.15, -0.1) is 0 Å². The molecule has 0 aliphatic rings. The van der Waals surface area contributed by atoms with Crippen LogP contribution in [0, 0.1) is 0 Å². The summed E-state index contributed by atoms with van der Waals surface area (Å²) in [5.41, 5.74) is 3.71. The van der Waals surface area contributed by atoms with E-state index in [9.17, 15) is 4.79 Å². The number of rotatable bonds is 10. The second-order valence-electron chi connectivity index (χ2n) is 8.73. The molecular weight excluding hydrogens is 438 g/mol. The molecule has 0 bridgehead atoms. The van der Waals surface area contributed by atoms with Crippen LogP contribution in [-0.2, 0) is 6.54 Å². The standard InChI is InChI=1S/C29H33N3O3/c1-5-20(2)22-14-16-23(17-15-22)35-19-18-32-26-12-8-7-11-25(26)31-28(32)21(3)30-29(33)24-10-6-9-13-27(24)34-4/h6-17,20-21H,5,18-19H2,1-4H3,(H,30,33). The van der Waals surface area contributed by atoms with Gasteiger partial charge in [-0.1, -0.05) is 50.2 Å². The van der Waals surface area contributed by atoms with Gasteiger partial charge in [0.1, 0.15) is 23.9 Å². The number of nitrogens with one attached hydrogen (secondary N) is 1. The van der Waals surface area contributed by atoms with Crippen LogP contribution < -0.4 is 14.8 Å². The third-order valence-corrected chi connectivity index (χ3v) is 6.42. The Balaban J connectivity index is 1.50. The number of fused-ring (bicyclic) bond motifs is 1. The predicted molar refractivity (Wildman–Crippen MR) is 139 cm³/mol. The fraction of sp³-hybridized carbons (Fsp3) is 0.310. The highest BCUT2D eigenvalue weighted by atomic mass is 16.5. The van der Waals surface area contributed by atoms with Gasteiger partial charge in [-0.25, -0.2) is 4.98 Å². The van der Waals surface area contributed by atoms with Gasteiger partial charge in [0, 0.05) is 0 Å². The van der Waals surface area contributed by atoms with E-state index in [0.29, 0.717) is 30.4 Å². The molecule has 6 nitrogen and oxygen atoms in total. The Labute approximate surface area is 206 Å². The van der Waals surface area contributed by atoms with Crippen LogP contribution in [-0.4, -0.2) is 29.2 Å². The first-order valence-electron chi connectivity index (χ1n) is 12.1. The smallest absolute Gasteiger partial charge is 0.255 e. The second kappa shape index (κ2) is 11.1. The molecule has 1 aromatic heterocycles. The molecule has 0 aliphatic carbocycles. The fourth-order valence-electron chi connectivity index (χ4n) is 4.21. The first-order valence-corrected chi connectivity index (χ1v) is 12.1. The van der Waals surface area contributed by atoms with Gasteiger partial charge in [0.2, 0.25) is 0 Å².